The van der Waals surface area contributed by atoms with E-state index in [0.29, 0.717) is 6.10 Å². The highest BCUT2D eigenvalue weighted by Crippen LogP contribution is 2.16. The van der Waals surface area contributed by atoms with Gasteiger partial charge in [0.15, 0.2) is 0 Å². The minimum absolute atomic E-state index is 0.537. The first-order chi connectivity index (χ1) is 10.3. The third-order valence-corrected chi connectivity index (χ3v) is 4.74. The van der Waals surface area contributed by atoms with E-state index < -0.39 is 0 Å². The fraction of sp³-hybridized carbons (Fsp3) is 0.667. The molecule has 3 heteroatoms. The zero-order valence-electron chi connectivity index (χ0n) is 13.3. The Kier molecular flexibility index (Phi) is 5.28. The zero-order valence-corrected chi connectivity index (χ0v) is 13.3. The molecule has 3 rings (SSSR count). The van der Waals surface area contributed by atoms with Crippen molar-refractivity contribution in [2.75, 3.05) is 39.3 Å². The molecule has 2 fully saturated rings. The molecule has 0 bridgehead atoms. The molecule has 2 aliphatic heterocycles. The van der Waals surface area contributed by atoms with Gasteiger partial charge in [-0.05, 0) is 31.7 Å². The molecule has 1 atom stereocenters. The number of hydrogen-bond donors (Lipinski definition) is 0. The molecule has 0 N–H and O–H groups in total. The molecule has 0 aliphatic carbocycles. The summed E-state index contributed by atoms with van der Waals surface area (Å²) in [6.45, 7) is 10.3. The van der Waals surface area contributed by atoms with Crippen LogP contribution in [0.1, 0.15) is 30.4 Å². The van der Waals surface area contributed by atoms with Gasteiger partial charge in [-0.3, -0.25) is 4.90 Å². The second kappa shape index (κ2) is 7.39. The highest BCUT2D eigenvalue weighted by atomic mass is 16.5. The number of ether oxygens (including phenoxy) is 1. The molecule has 21 heavy (non-hydrogen) atoms. The first kappa shape index (κ1) is 15.0. The van der Waals surface area contributed by atoms with Crippen molar-refractivity contribution >= 4 is 0 Å². The van der Waals surface area contributed by atoms with Gasteiger partial charge in [-0.1, -0.05) is 29.8 Å². The molecule has 0 amide bonds. The minimum Gasteiger partial charge on any atom is -0.378 e. The van der Waals surface area contributed by atoms with Crippen LogP contribution in [0.2, 0.25) is 0 Å². The Morgan fingerprint density at radius 3 is 2.67 bits per heavy atom. The summed E-state index contributed by atoms with van der Waals surface area (Å²) in [6, 6.07) is 8.90. The third kappa shape index (κ3) is 4.53. The summed E-state index contributed by atoms with van der Waals surface area (Å²) in [4.78, 5) is 5.19. The van der Waals surface area contributed by atoms with Crippen LogP contribution in [0.5, 0.6) is 0 Å². The molecule has 1 unspecified atom stereocenters. The first-order valence-corrected chi connectivity index (χ1v) is 8.41. The molecule has 0 saturated carbocycles. The van der Waals surface area contributed by atoms with Gasteiger partial charge in [0.25, 0.3) is 0 Å². The molecule has 2 heterocycles. The predicted octanol–water partition coefficient (Wildman–Crippen LogP) is 2.68. The van der Waals surface area contributed by atoms with Crippen molar-refractivity contribution in [3.05, 3.63) is 35.4 Å². The van der Waals surface area contributed by atoms with E-state index in [1.807, 2.05) is 0 Å². The number of nitrogens with zero attached hydrogens (tertiary/aromatic N) is 2. The highest BCUT2D eigenvalue weighted by molar-refractivity contribution is 5.22. The molecule has 116 valence electrons. The Morgan fingerprint density at radius 2 is 1.95 bits per heavy atom. The lowest BCUT2D eigenvalue weighted by molar-refractivity contribution is 0.0762. The van der Waals surface area contributed by atoms with Crippen molar-refractivity contribution in [3.63, 3.8) is 0 Å². The van der Waals surface area contributed by atoms with Gasteiger partial charge in [0.1, 0.15) is 0 Å². The lowest BCUT2D eigenvalue weighted by atomic mass is 10.1. The molecular weight excluding hydrogens is 260 g/mol. The van der Waals surface area contributed by atoms with Crippen molar-refractivity contribution in [1.82, 2.24) is 9.80 Å². The number of rotatable bonds is 5. The highest BCUT2D eigenvalue weighted by Gasteiger charge is 2.20. The van der Waals surface area contributed by atoms with Crippen molar-refractivity contribution in [3.8, 4) is 0 Å². The van der Waals surface area contributed by atoms with Crippen LogP contribution >= 0.6 is 0 Å². The van der Waals surface area contributed by atoms with Gasteiger partial charge in [-0.15, -0.1) is 0 Å². The summed E-state index contributed by atoms with van der Waals surface area (Å²) in [5.74, 6) is 0. The quantitative estimate of drug-likeness (QED) is 0.828. The second-order valence-electron chi connectivity index (χ2n) is 6.53. The number of hydrogen-bond acceptors (Lipinski definition) is 3. The van der Waals surface area contributed by atoms with Gasteiger partial charge in [0.2, 0.25) is 0 Å². The summed E-state index contributed by atoms with van der Waals surface area (Å²) in [6.07, 6.45) is 4.29. The van der Waals surface area contributed by atoms with Gasteiger partial charge < -0.3 is 9.64 Å². The summed E-state index contributed by atoms with van der Waals surface area (Å²) < 4.78 is 5.72. The fourth-order valence-electron chi connectivity index (χ4n) is 3.44. The van der Waals surface area contributed by atoms with E-state index in [2.05, 4.69) is 41.0 Å². The van der Waals surface area contributed by atoms with Crippen LogP contribution in [0.25, 0.3) is 0 Å². The standard InChI is InChI=1S/C18H28N2O/c1-16-4-2-5-17(14-16)15-20-11-9-19(10-12-20)8-7-18-6-3-13-21-18/h2,4-5,14,18H,3,6-13,15H2,1H3. The van der Waals surface area contributed by atoms with Crippen molar-refractivity contribution in [1.29, 1.82) is 0 Å². The van der Waals surface area contributed by atoms with Crippen LogP contribution in [-0.4, -0.2) is 55.2 Å². The molecule has 1 aromatic rings. The van der Waals surface area contributed by atoms with Crippen LogP contribution in [0, 0.1) is 6.92 Å². The summed E-state index contributed by atoms with van der Waals surface area (Å²) >= 11 is 0. The molecule has 3 nitrogen and oxygen atoms in total. The fourth-order valence-corrected chi connectivity index (χ4v) is 3.44. The van der Waals surface area contributed by atoms with Gasteiger partial charge >= 0.3 is 0 Å². The summed E-state index contributed by atoms with van der Waals surface area (Å²) in [5.41, 5.74) is 2.81. The van der Waals surface area contributed by atoms with Crippen LogP contribution in [0.3, 0.4) is 0 Å². The number of piperazine rings is 1. The van der Waals surface area contributed by atoms with Gasteiger partial charge in [0.05, 0.1) is 6.10 Å². The Hall–Kier alpha value is -0.900. The van der Waals surface area contributed by atoms with Gasteiger partial charge in [-0.2, -0.15) is 0 Å². The van der Waals surface area contributed by atoms with Gasteiger partial charge in [-0.25, -0.2) is 0 Å². The van der Waals surface area contributed by atoms with E-state index in [9.17, 15) is 0 Å². The Bertz CT molecular complexity index is 435. The number of benzene rings is 1. The average Bonchev–Trinajstić information content (AvgIpc) is 3.00. The van der Waals surface area contributed by atoms with E-state index in [1.54, 1.807) is 0 Å². The van der Waals surface area contributed by atoms with E-state index in [1.165, 1.54) is 63.1 Å². The maximum absolute atomic E-state index is 5.72. The van der Waals surface area contributed by atoms with Crippen molar-refractivity contribution in [2.45, 2.75) is 38.8 Å². The monoisotopic (exact) mass is 288 g/mol. The van der Waals surface area contributed by atoms with E-state index in [0.717, 1.165) is 13.2 Å². The van der Waals surface area contributed by atoms with Crippen molar-refractivity contribution < 1.29 is 4.74 Å². The van der Waals surface area contributed by atoms with Gasteiger partial charge in [0, 0.05) is 45.9 Å². The lowest BCUT2D eigenvalue weighted by Crippen LogP contribution is -2.46. The minimum atomic E-state index is 0.537. The molecule has 0 radical (unpaired) electrons. The van der Waals surface area contributed by atoms with E-state index in [-0.39, 0.29) is 0 Å². The summed E-state index contributed by atoms with van der Waals surface area (Å²) in [7, 11) is 0. The Labute approximate surface area is 128 Å². The number of aryl methyl sites for hydroxylation is 1. The molecule has 2 saturated heterocycles. The van der Waals surface area contributed by atoms with E-state index in [4.69, 9.17) is 4.74 Å². The van der Waals surface area contributed by atoms with Crippen LogP contribution in [0.15, 0.2) is 24.3 Å². The Balaban J connectivity index is 1.38. The van der Waals surface area contributed by atoms with Crippen molar-refractivity contribution in [2.24, 2.45) is 0 Å². The molecular formula is C18H28N2O. The zero-order chi connectivity index (χ0) is 14.5. The van der Waals surface area contributed by atoms with Crippen LogP contribution in [0.4, 0.5) is 0 Å². The average molecular weight is 288 g/mol. The normalized spacial score (nSPS) is 24.5. The second-order valence-corrected chi connectivity index (χ2v) is 6.53. The SMILES string of the molecule is Cc1cccc(CN2CCN(CCC3CCCO3)CC2)c1. The smallest absolute Gasteiger partial charge is 0.0588 e. The topological polar surface area (TPSA) is 15.7 Å². The molecule has 1 aromatic carbocycles. The maximum Gasteiger partial charge on any atom is 0.0588 e. The third-order valence-electron chi connectivity index (χ3n) is 4.74. The molecule has 2 aliphatic rings. The largest absolute Gasteiger partial charge is 0.378 e. The lowest BCUT2D eigenvalue weighted by Gasteiger charge is -2.35. The molecule has 0 spiro atoms. The van der Waals surface area contributed by atoms with Crippen LogP contribution < -0.4 is 0 Å². The van der Waals surface area contributed by atoms with Crippen LogP contribution in [-0.2, 0) is 11.3 Å². The first-order valence-electron chi connectivity index (χ1n) is 8.41. The summed E-state index contributed by atoms with van der Waals surface area (Å²) in [5, 5.41) is 0. The molecule has 0 aromatic heterocycles. The predicted molar refractivity (Wildman–Crippen MR) is 86.5 cm³/mol. The Morgan fingerprint density at radius 1 is 1.14 bits per heavy atom. The van der Waals surface area contributed by atoms with E-state index >= 15 is 0 Å². The maximum atomic E-state index is 5.72.